The standard InChI is InChI=1S/C11H19N3OS/c1-15-8-9-3-2-4-14(7-9)11-13-6-10(5-12)16-11/h6,9H,2-5,7-8,12H2,1H3. The van der Waals surface area contributed by atoms with Crippen molar-refractivity contribution in [2.24, 2.45) is 11.7 Å². The number of rotatable bonds is 4. The first kappa shape index (κ1) is 11.8. The molecule has 4 nitrogen and oxygen atoms in total. The number of hydrogen-bond donors (Lipinski definition) is 1. The lowest BCUT2D eigenvalue weighted by Crippen LogP contribution is -2.37. The highest BCUT2D eigenvalue weighted by molar-refractivity contribution is 7.15. The van der Waals surface area contributed by atoms with E-state index in [0.717, 1.165) is 29.7 Å². The average molecular weight is 241 g/mol. The van der Waals surface area contributed by atoms with Gasteiger partial charge in [-0.3, -0.25) is 0 Å². The maximum absolute atomic E-state index is 5.60. The van der Waals surface area contributed by atoms with E-state index in [1.165, 1.54) is 12.8 Å². The summed E-state index contributed by atoms with van der Waals surface area (Å²) >= 11 is 1.71. The highest BCUT2D eigenvalue weighted by Gasteiger charge is 2.21. The summed E-state index contributed by atoms with van der Waals surface area (Å²) < 4.78 is 5.23. The molecule has 1 aliphatic heterocycles. The number of nitrogens with two attached hydrogens (primary N) is 1. The number of piperidine rings is 1. The Balaban J connectivity index is 1.98. The maximum Gasteiger partial charge on any atom is 0.185 e. The Hall–Kier alpha value is -0.650. The lowest BCUT2D eigenvalue weighted by atomic mass is 9.99. The first-order valence-corrected chi connectivity index (χ1v) is 6.53. The van der Waals surface area contributed by atoms with Gasteiger partial charge in [-0.25, -0.2) is 4.98 Å². The minimum Gasteiger partial charge on any atom is -0.384 e. The first-order chi connectivity index (χ1) is 7.83. The van der Waals surface area contributed by atoms with Crippen LogP contribution in [0.5, 0.6) is 0 Å². The lowest BCUT2D eigenvalue weighted by molar-refractivity contribution is 0.143. The van der Waals surface area contributed by atoms with Gasteiger partial charge in [0.15, 0.2) is 5.13 Å². The summed E-state index contributed by atoms with van der Waals surface area (Å²) in [6.45, 7) is 3.61. The number of hydrogen-bond acceptors (Lipinski definition) is 5. The number of nitrogens with zero attached hydrogens (tertiary/aromatic N) is 2. The molecule has 0 aliphatic carbocycles. The van der Waals surface area contributed by atoms with Crippen molar-refractivity contribution in [1.82, 2.24) is 4.98 Å². The van der Waals surface area contributed by atoms with Gasteiger partial charge in [0.2, 0.25) is 0 Å². The average Bonchev–Trinajstić information content (AvgIpc) is 2.78. The van der Waals surface area contributed by atoms with E-state index >= 15 is 0 Å². The summed E-state index contributed by atoms with van der Waals surface area (Å²) in [5.41, 5.74) is 5.60. The van der Waals surface area contributed by atoms with E-state index in [0.29, 0.717) is 12.5 Å². The Morgan fingerprint density at radius 2 is 2.56 bits per heavy atom. The van der Waals surface area contributed by atoms with Crippen molar-refractivity contribution in [3.63, 3.8) is 0 Å². The maximum atomic E-state index is 5.60. The second kappa shape index (κ2) is 5.61. The molecule has 0 saturated carbocycles. The van der Waals surface area contributed by atoms with Crippen molar-refractivity contribution in [2.45, 2.75) is 19.4 Å². The van der Waals surface area contributed by atoms with Crippen LogP contribution in [0.25, 0.3) is 0 Å². The molecule has 1 saturated heterocycles. The Labute approximate surface area is 100 Å². The van der Waals surface area contributed by atoms with Crippen LogP contribution in [-0.2, 0) is 11.3 Å². The lowest BCUT2D eigenvalue weighted by Gasteiger charge is -2.32. The summed E-state index contributed by atoms with van der Waals surface area (Å²) in [4.78, 5) is 7.94. The van der Waals surface area contributed by atoms with E-state index < -0.39 is 0 Å². The van der Waals surface area contributed by atoms with E-state index in [9.17, 15) is 0 Å². The summed E-state index contributed by atoms with van der Waals surface area (Å²) in [7, 11) is 1.77. The van der Waals surface area contributed by atoms with Crippen LogP contribution in [0.4, 0.5) is 5.13 Å². The Morgan fingerprint density at radius 1 is 1.69 bits per heavy atom. The molecule has 1 unspecified atom stereocenters. The molecule has 0 radical (unpaired) electrons. The SMILES string of the molecule is COCC1CCCN(c2ncc(CN)s2)C1. The molecule has 90 valence electrons. The van der Waals surface area contributed by atoms with Crippen LogP contribution in [0, 0.1) is 5.92 Å². The van der Waals surface area contributed by atoms with Gasteiger partial charge in [-0.2, -0.15) is 0 Å². The van der Waals surface area contributed by atoms with Crippen LogP contribution in [0.15, 0.2) is 6.20 Å². The van der Waals surface area contributed by atoms with E-state index in [4.69, 9.17) is 10.5 Å². The van der Waals surface area contributed by atoms with Gasteiger partial charge in [-0.1, -0.05) is 0 Å². The highest BCUT2D eigenvalue weighted by Crippen LogP contribution is 2.27. The second-order valence-corrected chi connectivity index (χ2v) is 5.32. The van der Waals surface area contributed by atoms with Crippen LogP contribution in [0.3, 0.4) is 0 Å². The third-order valence-electron chi connectivity index (χ3n) is 2.93. The fraction of sp³-hybridized carbons (Fsp3) is 0.727. The van der Waals surface area contributed by atoms with E-state index in [-0.39, 0.29) is 0 Å². The molecule has 1 aromatic rings. The number of anilines is 1. The zero-order valence-corrected chi connectivity index (χ0v) is 10.5. The number of thiazole rings is 1. The van der Waals surface area contributed by atoms with Gasteiger partial charge in [0, 0.05) is 37.8 Å². The van der Waals surface area contributed by atoms with Gasteiger partial charge in [0.05, 0.1) is 6.61 Å². The zero-order chi connectivity index (χ0) is 11.4. The Morgan fingerprint density at radius 3 is 3.25 bits per heavy atom. The van der Waals surface area contributed by atoms with Gasteiger partial charge in [0.1, 0.15) is 0 Å². The molecular formula is C11H19N3OS. The normalized spacial score (nSPS) is 21.4. The predicted octanol–water partition coefficient (Wildman–Crippen LogP) is 1.46. The molecule has 5 heteroatoms. The summed E-state index contributed by atoms with van der Waals surface area (Å²) in [5.74, 6) is 0.643. The minimum atomic E-state index is 0.590. The molecule has 2 heterocycles. The van der Waals surface area contributed by atoms with Crippen LogP contribution in [0.1, 0.15) is 17.7 Å². The monoisotopic (exact) mass is 241 g/mol. The predicted molar refractivity (Wildman–Crippen MR) is 66.8 cm³/mol. The van der Waals surface area contributed by atoms with Gasteiger partial charge < -0.3 is 15.4 Å². The molecule has 1 atom stereocenters. The van der Waals surface area contributed by atoms with Crippen LogP contribution < -0.4 is 10.6 Å². The number of ether oxygens (including phenoxy) is 1. The molecule has 0 amide bonds. The summed E-state index contributed by atoms with van der Waals surface area (Å²) in [5, 5.41) is 1.11. The molecule has 16 heavy (non-hydrogen) atoms. The fourth-order valence-corrected chi connectivity index (χ4v) is 2.97. The molecule has 0 spiro atoms. The van der Waals surface area contributed by atoms with Crippen molar-refractivity contribution in [3.8, 4) is 0 Å². The molecule has 1 aromatic heterocycles. The third-order valence-corrected chi connectivity index (χ3v) is 4.01. The highest BCUT2D eigenvalue weighted by atomic mass is 32.1. The van der Waals surface area contributed by atoms with E-state index in [2.05, 4.69) is 9.88 Å². The minimum absolute atomic E-state index is 0.590. The van der Waals surface area contributed by atoms with Crippen molar-refractivity contribution >= 4 is 16.5 Å². The van der Waals surface area contributed by atoms with Crippen LogP contribution >= 0.6 is 11.3 Å². The Kier molecular flexibility index (Phi) is 4.15. The van der Waals surface area contributed by atoms with Crippen molar-refractivity contribution in [2.75, 3.05) is 31.7 Å². The van der Waals surface area contributed by atoms with E-state index in [1.54, 1.807) is 18.4 Å². The fourth-order valence-electron chi connectivity index (χ4n) is 2.15. The largest absolute Gasteiger partial charge is 0.384 e. The van der Waals surface area contributed by atoms with Crippen LogP contribution in [0.2, 0.25) is 0 Å². The van der Waals surface area contributed by atoms with Gasteiger partial charge >= 0.3 is 0 Å². The zero-order valence-electron chi connectivity index (χ0n) is 9.69. The molecule has 1 aliphatic rings. The number of methoxy groups -OCH3 is 1. The van der Waals surface area contributed by atoms with Crippen molar-refractivity contribution in [3.05, 3.63) is 11.1 Å². The van der Waals surface area contributed by atoms with Crippen LogP contribution in [-0.4, -0.2) is 31.8 Å². The smallest absolute Gasteiger partial charge is 0.185 e. The molecule has 2 rings (SSSR count). The molecule has 1 fully saturated rings. The van der Waals surface area contributed by atoms with E-state index in [1.807, 2.05) is 6.20 Å². The topological polar surface area (TPSA) is 51.4 Å². The van der Waals surface area contributed by atoms with Gasteiger partial charge in [-0.15, -0.1) is 11.3 Å². The molecular weight excluding hydrogens is 222 g/mol. The first-order valence-electron chi connectivity index (χ1n) is 5.72. The van der Waals surface area contributed by atoms with Gasteiger partial charge in [-0.05, 0) is 18.8 Å². The summed E-state index contributed by atoms with van der Waals surface area (Å²) in [6, 6.07) is 0. The second-order valence-electron chi connectivity index (χ2n) is 4.22. The molecule has 0 aromatic carbocycles. The summed E-state index contributed by atoms with van der Waals surface area (Å²) in [6.07, 6.45) is 4.38. The molecule has 0 bridgehead atoms. The molecule has 2 N–H and O–H groups in total. The van der Waals surface area contributed by atoms with Crippen molar-refractivity contribution < 1.29 is 4.74 Å². The Bertz CT molecular complexity index is 327. The number of aromatic nitrogens is 1. The van der Waals surface area contributed by atoms with Gasteiger partial charge in [0.25, 0.3) is 0 Å². The quantitative estimate of drug-likeness (QED) is 0.867. The van der Waals surface area contributed by atoms with Crippen molar-refractivity contribution in [1.29, 1.82) is 0 Å². The third kappa shape index (κ3) is 2.72.